The van der Waals surface area contributed by atoms with Crippen molar-refractivity contribution < 1.29 is 28.7 Å². The Hall–Kier alpha value is -2.14. The first-order valence-corrected chi connectivity index (χ1v) is 16.5. The lowest BCUT2D eigenvalue weighted by Gasteiger charge is -2.48. The summed E-state index contributed by atoms with van der Waals surface area (Å²) < 4.78 is 18.5. The van der Waals surface area contributed by atoms with Crippen molar-refractivity contribution in [3.63, 3.8) is 0 Å². The van der Waals surface area contributed by atoms with Crippen LogP contribution in [-0.2, 0) is 24.3 Å². The zero-order valence-corrected chi connectivity index (χ0v) is 28.2. The van der Waals surface area contributed by atoms with Gasteiger partial charge in [-0.05, 0) is 103 Å². The van der Waals surface area contributed by atoms with E-state index in [0.717, 1.165) is 42.5 Å². The predicted molar refractivity (Wildman–Crippen MR) is 171 cm³/mol. The predicted octanol–water partition coefficient (Wildman–Crippen LogP) is 4.22. The van der Waals surface area contributed by atoms with E-state index >= 15 is 0 Å². The molecule has 3 saturated heterocycles. The van der Waals surface area contributed by atoms with Crippen LogP contribution in [0.1, 0.15) is 100.0 Å². The van der Waals surface area contributed by atoms with Gasteiger partial charge in [-0.15, -0.1) is 0 Å². The molecule has 0 radical (unpaired) electrons. The van der Waals surface area contributed by atoms with E-state index in [2.05, 4.69) is 69.5 Å². The topological polar surface area (TPSA) is 91.8 Å². The van der Waals surface area contributed by atoms with Crippen molar-refractivity contribution in [2.75, 3.05) is 31.1 Å². The average Bonchev–Trinajstić information content (AvgIpc) is 3.41. The normalized spacial score (nSPS) is 30.5. The van der Waals surface area contributed by atoms with Crippen LogP contribution in [-0.4, -0.2) is 95.2 Å². The summed E-state index contributed by atoms with van der Waals surface area (Å²) in [6, 6.07) is 6.90. The highest BCUT2D eigenvalue weighted by molar-refractivity contribution is 6.62. The van der Waals surface area contributed by atoms with Crippen molar-refractivity contribution in [2.45, 2.75) is 135 Å². The van der Waals surface area contributed by atoms with E-state index in [4.69, 9.17) is 14.0 Å². The van der Waals surface area contributed by atoms with Gasteiger partial charge in [-0.1, -0.05) is 26.0 Å². The number of hydrogen-bond donors (Lipinski definition) is 1. The van der Waals surface area contributed by atoms with Crippen LogP contribution in [0, 0.1) is 5.41 Å². The van der Waals surface area contributed by atoms with Crippen LogP contribution in [0.3, 0.4) is 0 Å². The first-order chi connectivity index (χ1) is 20.4. The summed E-state index contributed by atoms with van der Waals surface area (Å²) >= 11 is 0. The fraction of sp³-hybridized carbons (Fsp3) is 0.765. The van der Waals surface area contributed by atoms with E-state index < -0.39 is 29.3 Å². The van der Waals surface area contributed by atoms with Crippen LogP contribution >= 0.6 is 0 Å². The highest BCUT2D eigenvalue weighted by Gasteiger charge is 2.58. The summed E-state index contributed by atoms with van der Waals surface area (Å²) in [5.41, 5.74) is 0.938. The lowest BCUT2D eigenvalue weighted by molar-refractivity contribution is -0.126. The maximum Gasteiger partial charge on any atom is 0.494 e. The molecule has 0 bridgehead atoms. The molecular formula is C34H52BN3O6. The number of likely N-dealkylation sites (tertiary alicyclic amines) is 2. The summed E-state index contributed by atoms with van der Waals surface area (Å²) in [6.45, 7) is 20.5. The van der Waals surface area contributed by atoms with Crippen molar-refractivity contribution in [3.8, 4) is 0 Å². The second-order valence-corrected chi connectivity index (χ2v) is 16.7. The first-order valence-electron chi connectivity index (χ1n) is 16.5. The third kappa shape index (κ3) is 5.27. The Kier molecular flexibility index (Phi) is 7.55. The summed E-state index contributed by atoms with van der Waals surface area (Å²) in [7, 11) is -0.515. The Labute approximate surface area is 263 Å². The molecule has 0 aromatic heterocycles. The number of piperidine rings is 1. The quantitative estimate of drug-likeness (QED) is 0.512. The molecule has 1 saturated carbocycles. The van der Waals surface area contributed by atoms with Gasteiger partial charge in [0.2, 0.25) is 5.91 Å². The maximum atomic E-state index is 14.6. The van der Waals surface area contributed by atoms with Gasteiger partial charge in [0.1, 0.15) is 5.60 Å². The van der Waals surface area contributed by atoms with Gasteiger partial charge in [0.05, 0.1) is 23.2 Å². The summed E-state index contributed by atoms with van der Waals surface area (Å²) in [4.78, 5) is 33.8. The third-order valence-corrected chi connectivity index (χ3v) is 11.2. The summed E-state index contributed by atoms with van der Waals surface area (Å²) in [6.07, 6.45) is 3.57. The van der Waals surface area contributed by atoms with Crippen molar-refractivity contribution in [1.29, 1.82) is 0 Å². The Bertz CT molecular complexity index is 1290. The van der Waals surface area contributed by atoms with Crippen LogP contribution < -0.4 is 10.4 Å². The van der Waals surface area contributed by atoms with Gasteiger partial charge in [0, 0.05) is 43.4 Å². The monoisotopic (exact) mass is 609 g/mol. The molecule has 5 aliphatic rings. The first kappa shape index (κ1) is 31.8. The molecular weight excluding hydrogens is 557 g/mol. The molecule has 1 aliphatic carbocycles. The number of carbonyl (C=O) groups is 2. The highest BCUT2D eigenvalue weighted by atomic mass is 16.7. The number of anilines is 1. The van der Waals surface area contributed by atoms with E-state index in [-0.39, 0.29) is 36.1 Å². The molecule has 1 atom stereocenters. The number of hydrogen-bond acceptors (Lipinski definition) is 7. The van der Waals surface area contributed by atoms with E-state index in [9.17, 15) is 14.7 Å². The number of nitrogens with zero attached hydrogens (tertiary/aromatic N) is 3. The second-order valence-electron chi connectivity index (χ2n) is 16.7. The molecule has 1 spiro atoms. The zero-order valence-electron chi connectivity index (χ0n) is 28.2. The molecule has 2 amide bonds. The number of rotatable bonds is 4. The van der Waals surface area contributed by atoms with Gasteiger partial charge in [-0.25, -0.2) is 4.79 Å². The molecule has 0 unspecified atom stereocenters. The standard InChI is InChI=1S/C34H52BN3O6/c1-30(2,3)42-29(41)36-14-12-34(13-15-36)26-11-10-22(35-43-32(6,7)33(8,9)44-35)16-27(26)38(28(34)40)24-17-23(18-24)37-21-31(4,5)19-25(37)20-39/h10-11,16,23-25,39H,12-15,17-21H2,1-9H3/t23-,24+,25-/m1/s1. The minimum Gasteiger partial charge on any atom is -0.444 e. The molecule has 4 fully saturated rings. The van der Waals surface area contributed by atoms with Crippen LogP contribution in [0.5, 0.6) is 0 Å². The molecule has 1 aromatic rings. The molecule has 6 rings (SSSR count). The number of benzene rings is 1. The fourth-order valence-corrected chi connectivity index (χ4v) is 8.06. The second kappa shape index (κ2) is 10.4. The van der Waals surface area contributed by atoms with Crippen molar-refractivity contribution in [1.82, 2.24) is 9.80 Å². The molecule has 44 heavy (non-hydrogen) atoms. The molecule has 242 valence electrons. The lowest BCUT2D eigenvalue weighted by atomic mass is 9.71. The fourth-order valence-electron chi connectivity index (χ4n) is 8.06. The smallest absolute Gasteiger partial charge is 0.444 e. The van der Waals surface area contributed by atoms with Crippen molar-refractivity contribution in [2.24, 2.45) is 5.41 Å². The third-order valence-electron chi connectivity index (χ3n) is 11.2. The highest BCUT2D eigenvalue weighted by Crippen LogP contribution is 2.52. The molecule has 4 heterocycles. The number of ether oxygens (including phenoxy) is 1. The van der Waals surface area contributed by atoms with E-state index in [0.29, 0.717) is 32.0 Å². The largest absolute Gasteiger partial charge is 0.494 e. The van der Waals surface area contributed by atoms with Gasteiger partial charge in [-0.3, -0.25) is 9.69 Å². The summed E-state index contributed by atoms with van der Waals surface area (Å²) in [5, 5.41) is 10.1. The number of fused-ring (bicyclic) bond motifs is 2. The van der Waals surface area contributed by atoms with E-state index in [1.54, 1.807) is 4.90 Å². The van der Waals surface area contributed by atoms with Gasteiger partial charge in [-0.2, -0.15) is 0 Å². The Morgan fingerprint density at radius 2 is 1.64 bits per heavy atom. The van der Waals surface area contributed by atoms with Gasteiger partial charge in [0.25, 0.3) is 0 Å². The molecule has 9 nitrogen and oxygen atoms in total. The molecule has 10 heteroatoms. The van der Waals surface area contributed by atoms with Crippen LogP contribution in [0.4, 0.5) is 10.5 Å². The summed E-state index contributed by atoms with van der Waals surface area (Å²) in [5.74, 6) is 0.145. The minimum absolute atomic E-state index is 0.0890. The Morgan fingerprint density at radius 1 is 1.02 bits per heavy atom. The van der Waals surface area contributed by atoms with Crippen LogP contribution in [0.2, 0.25) is 0 Å². The molecule has 1 aromatic carbocycles. The Morgan fingerprint density at radius 3 is 2.20 bits per heavy atom. The average molecular weight is 610 g/mol. The van der Waals surface area contributed by atoms with Crippen LogP contribution in [0.15, 0.2) is 18.2 Å². The Balaban J connectivity index is 1.28. The maximum absolute atomic E-state index is 14.6. The minimum atomic E-state index is -0.670. The van der Waals surface area contributed by atoms with Crippen molar-refractivity contribution in [3.05, 3.63) is 23.8 Å². The number of aliphatic hydroxyl groups excluding tert-OH is 1. The van der Waals surface area contributed by atoms with Gasteiger partial charge >= 0.3 is 13.2 Å². The molecule has 4 aliphatic heterocycles. The number of amides is 2. The zero-order chi connectivity index (χ0) is 32.0. The molecule has 1 N–H and O–H groups in total. The number of aliphatic hydroxyl groups is 1. The van der Waals surface area contributed by atoms with Crippen molar-refractivity contribution >= 4 is 30.3 Å². The number of carbonyl (C=O) groups excluding carboxylic acids is 2. The van der Waals surface area contributed by atoms with E-state index in [1.807, 2.05) is 20.8 Å². The van der Waals surface area contributed by atoms with Gasteiger partial charge < -0.3 is 29.0 Å². The SMILES string of the molecule is CC1(C)C[C@H](CO)N([C@H]2C[C@@H](N3C(=O)C4(CCN(C(=O)OC(C)(C)C)CC4)c4ccc(B5OC(C)(C)C(C)(C)O5)cc43)C2)C1. The lowest BCUT2D eigenvalue weighted by Crippen LogP contribution is -2.59. The van der Waals surface area contributed by atoms with Crippen LogP contribution in [0.25, 0.3) is 0 Å². The van der Waals surface area contributed by atoms with Gasteiger partial charge in [0.15, 0.2) is 0 Å². The van der Waals surface area contributed by atoms with E-state index in [1.165, 1.54) is 0 Å².